The van der Waals surface area contributed by atoms with Crippen molar-refractivity contribution in [3.63, 3.8) is 0 Å². The van der Waals surface area contributed by atoms with Gasteiger partial charge in [0.15, 0.2) is 18.7 Å². The van der Waals surface area contributed by atoms with Crippen LogP contribution in [0, 0.1) is 0 Å². The molecule has 0 radical (unpaired) electrons. The molecule has 18 nitrogen and oxygen atoms in total. The van der Waals surface area contributed by atoms with Crippen LogP contribution in [0.15, 0.2) is 9.98 Å². The third kappa shape index (κ3) is 6.61. The molecule has 0 aliphatic carbocycles. The van der Waals surface area contributed by atoms with Crippen LogP contribution >= 0.6 is 0 Å². The molecule has 0 unspecified atom stereocenters. The second-order valence-electron chi connectivity index (χ2n) is 14.0. The molecule has 5 N–H and O–H groups in total. The van der Waals surface area contributed by atoms with Gasteiger partial charge in [0.1, 0.15) is 30.5 Å². The van der Waals surface area contributed by atoms with Crippen LogP contribution in [-0.2, 0) is 23.7 Å². The van der Waals surface area contributed by atoms with Crippen LogP contribution in [0.1, 0.15) is 6.92 Å². The van der Waals surface area contributed by atoms with E-state index in [2.05, 4.69) is 29.4 Å². The summed E-state index contributed by atoms with van der Waals surface area (Å²) in [5.74, 6) is -0.747. The lowest BCUT2D eigenvalue weighted by Crippen LogP contribution is -2.75. The molecule has 9 aliphatic rings. The molecular formula is C28H46N8O10. The number of esters is 1. The van der Waals surface area contributed by atoms with E-state index >= 15 is 0 Å². The number of aliphatic hydroxyl groups excluding tert-OH is 5. The van der Waals surface area contributed by atoms with Crippen molar-refractivity contribution in [2.24, 2.45) is 9.98 Å². The first-order valence-corrected chi connectivity index (χ1v) is 15.9. The van der Waals surface area contributed by atoms with Crippen LogP contribution in [0.4, 0.5) is 0 Å². The highest BCUT2D eigenvalue weighted by atomic mass is 16.7. The molecular weight excluding hydrogens is 608 g/mol. The van der Waals surface area contributed by atoms with Gasteiger partial charge in [0, 0.05) is 52.4 Å². The van der Waals surface area contributed by atoms with Gasteiger partial charge in [0.25, 0.3) is 0 Å². The summed E-state index contributed by atoms with van der Waals surface area (Å²) in [6, 6.07) is 0. The molecule has 9 heterocycles. The van der Waals surface area contributed by atoms with E-state index in [4.69, 9.17) is 28.9 Å². The molecule has 8 bridgehead atoms. The highest BCUT2D eigenvalue weighted by Gasteiger charge is 2.51. The van der Waals surface area contributed by atoms with Crippen molar-refractivity contribution in [3.8, 4) is 0 Å². The van der Waals surface area contributed by atoms with Crippen molar-refractivity contribution in [2.45, 2.75) is 67.2 Å². The van der Waals surface area contributed by atoms with Crippen LogP contribution in [-0.4, -0.2) is 226 Å². The maximum Gasteiger partial charge on any atom is 0.303 e. The fourth-order valence-electron chi connectivity index (χ4n) is 8.37. The number of ether oxygens (including phenoxy) is 4. The van der Waals surface area contributed by atoms with Crippen LogP contribution in [0.3, 0.4) is 0 Å². The zero-order valence-corrected chi connectivity index (χ0v) is 26.0. The molecule has 18 heteroatoms. The van der Waals surface area contributed by atoms with E-state index < -0.39 is 79.5 Å². The van der Waals surface area contributed by atoms with Crippen LogP contribution in [0.25, 0.3) is 0 Å². The highest BCUT2D eigenvalue weighted by molar-refractivity contribution is 5.66. The SMILES string of the molecule is CC(=O)O[C@H]1[C@H](O)[C@@H](O[C@H](C=NC23CN4CN(CN(C4)C2)C3)[C@@H](CO)O[C@H](O)C=NC23CN4CN(CN(C4)C2)C3)O[C@@H](CO)[C@@H]1O. The number of carbonyl (C=O) groups excluding carboxylic acids is 1. The van der Waals surface area contributed by atoms with Gasteiger partial charge in [-0.3, -0.25) is 44.2 Å². The van der Waals surface area contributed by atoms with E-state index in [0.717, 1.165) is 86.2 Å². The summed E-state index contributed by atoms with van der Waals surface area (Å²) in [5.41, 5.74) is -0.860. The molecule has 9 aliphatic heterocycles. The smallest absolute Gasteiger partial charge is 0.303 e. The van der Waals surface area contributed by atoms with Gasteiger partial charge in [-0.25, -0.2) is 0 Å². The Morgan fingerprint density at radius 3 is 1.76 bits per heavy atom. The third-order valence-electron chi connectivity index (χ3n) is 9.75. The maximum absolute atomic E-state index is 11.8. The normalized spacial score (nSPS) is 47.9. The van der Waals surface area contributed by atoms with Crippen LogP contribution < -0.4 is 0 Å². The Kier molecular flexibility index (Phi) is 9.22. The van der Waals surface area contributed by atoms with E-state index in [9.17, 15) is 30.3 Å². The molecule has 0 amide bonds. The first-order valence-electron chi connectivity index (χ1n) is 15.9. The Morgan fingerprint density at radius 2 is 1.33 bits per heavy atom. The van der Waals surface area contributed by atoms with E-state index in [1.165, 1.54) is 12.4 Å². The van der Waals surface area contributed by atoms with Gasteiger partial charge in [-0.15, -0.1) is 0 Å². The first-order chi connectivity index (χ1) is 22.0. The Balaban J connectivity index is 1.10. The molecule has 9 rings (SSSR count). The maximum atomic E-state index is 11.8. The number of aliphatic imine (C=N–C) groups is 2. The largest absolute Gasteiger partial charge is 0.457 e. The number of aliphatic hydroxyl groups is 5. The molecule has 8 atom stereocenters. The number of rotatable bonds is 12. The average molecular weight is 655 g/mol. The third-order valence-corrected chi connectivity index (χ3v) is 9.75. The monoisotopic (exact) mass is 654 g/mol. The lowest BCUT2D eigenvalue weighted by molar-refractivity contribution is -0.315. The molecule has 258 valence electrons. The van der Waals surface area contributed by atoms with Gasteiger partial charge < -0.3 is 44.5 Å². The average Bonchev–Trinajstić information content (AvgIpc) is 2.99. The fourth-order valence-corrected chi connectivity index (χ4v) is 8.37. The summed E-state index contributed by atoms with van der Waals surface area (Å²) in [6.07, 6.45) is -8.36. The summed E-state index contributed by atoms with van der Waals surface area (Å²) in [5, 5.41) is 52.9. The Morgan fingerprint density at radius 1 is 0.848 bits per heavy atom. The zero-order valence-electron chi connectivity index (χ0n) is 26.0. The lowest BCUT2D eigenvalue weighted by Gasteiger charge is -2.59. The molecule has 9 saturated heterocycles. The number of carbonyl (C=O) groups is 1. The standard InChI is InChI=1S/C28H46N8O10/c1-18(39)43-25-23(41)21(5-38)46-26(24(25)42)45-19(2-29-27-6-31-12-32(7-27)14-33(8-27)13-31)20(4-37)44-22(40)3-30-28-9-34-15-35(10-28)17-36(11-28)16-34/h2-3,19-26,37-38,40-42H,4-17H2,1H3/t19-,20-,21+,22+,23+,24+,25-,26+/m1/s1. The second-order valence-corrected chi connectivity index (χ2v) is 14.0. The summed E-state index contributed by atoms with van der Waals surface area (Å²) in [4.78, 5) is 35.3. The topological polar surface area (TPSA) is 199 Å². The van der Waals surface area contributed by atoms with Crippen molar-refractivity contribution in [1.82, 2.24) is 29.4 Å². The fraction of sp³-hybridized carbons (Fsp3) is 0.893. The summed E-state index contributed by atoms with van der Waals surface area (Å²) >= 11 is 0. The van der Waals surface area contributed by atoms with E-state index in [-0.39, 0.29) is 0 Å². The lowest BCUT2D eigenvalue weighted by atomic mass is 9.91. The number of hydrogen-bond acceptors (Lipinski definition) is 18. The number of hydrogen-bond donors (Lipinski definition) is 5. The van der Waals surface area contributed by atoms with Crippen molar-refractivity contribution in [3.05, 3.63) is 0 Å². The molecule has 0 aromatic carbocycles. The summed E-state index contributed by atoms with van der Waals surface area (Å²) in [7, 11) is 0. The van der Waals surface area contributed by atoms with Gasteiger partial charge in [0.05, 0.1) is 70.5 Å². The van der Waals surface area contributed by atoms with E-state index in [0.29, 0.717) is 0 Å². The van der Waals surface area contributed by atoms with Crippen molar-refractivity contribution >= 4 is 18.4 Å². The highest BCUT2D eigenvalue weighted by Crippen LogP contribution is 2.33. The minimum absolute atomic E-state index is 0.393. The predicted molar refractivity (Wildman–Crippen MR) is 158 cm³/mol. The Bertz CT molecular complexity index is 1110. The molecule has 0 spiro atoms. The van der Waals surface area contributed by atoms with Gasteiger partial charge in [-0.1, -0.05) is 0 Å². The minimum atomic E-state index is -1.65. The van der Waals surface area contributed by atoms with Gasteiger partial charge >= 0.3 is 5.97 Å². The molecule has 46 heavy (non-hydrogen) atoms. The summed E-state index contributed by atoms with van der Waals surface area (Å²) in [6.45, 7) is 9.68. The molecule has 9 fully saturated rings. The summed E-state index contributed by atoms with van der Waals surface area (Å²) < 4.78 is 22.9. The zero-order chi connectivity index (χ0) is 32.2. The predicted octanol–water partition coefficient (Wildman–Crippen LogP) is -5.30. The van der Waals surface area contributed by atoms with Crippen molar-refractivity contribution in [1.29, 1.82) is 0 Å². The number of nitrogens with zero attached hydrogens (tertiary/aromatic N) is 8. The Hall–Kier alpha value is -1.75. The van der Waals surface area contributed by atoms with E-state index in [1.54, 1.807) is 0 Å². The quantitative estimate of drug-likeness (QED) is 0.0759. The molecule has 0 aromatic rings. The van der Waals surface area contributed by atoms with Gasteiger partial charge in [-0.05, 0) is 0 Å². The van der Waals surface area contributed by atoms with Crippen LogP contribution in [0.5, 0.6) is 0 Å². The van der Waals surface area contributed by atoms with Crippen molar-refractivity contribution < 1.29 is 49.3 Å². The van der Waals surface area contributed by atoms with Gasteiger partial charge in [-0.2, -0.15) is 0 Å². The van der Waals surface area contributed by atoms with E-state index in [1.807, 2.05) is 0 Å². The van der Waals surface area contributed by atoms with Gasteiger partial charge in [0.2, 0.25) is 0 Å². The van der Waals surface area contributed by atoms with Crippen molar-refractivity contribution in [2.75, 3.05) is 92.5 Å². The molecule has 0 aromatic heterocycles. The minimum Gasteiger partial charge on any atom is -0.457 e. The molecule has 0 saturated carbocycles. The first kappa shape index (κ1) is 32.8. The van der Waals surface area contributed by atoms with Crippen LogP contribution in [0.2, 0.25) is 0 Å². The Labute approximate surface area is 266 Å². The second kappa shape index (κ2) is 12.9.